The van der Waals surface area contributed by atoms with Gasteiger partial charge in [0.1, 0.15) is 18.0 Å². The summed E-state index contributed by atoms with van der Waals surface area (Å²) in [6.45, 7) is 16.5. The Morgan fingerprint density at radius 1 is 1.00 bits per heavy atom. The van der Waals surface area contributed by atoms with Gasteiger partial charge in [0, 0.05) is 50.4 Å². The summed E-state index contributed by atoms with van der Waals surface area (Å²) in [5.41, 5.74) is 0.140. The van der Waals surface area contributed by atoms with Gasteiger partial charge in [-0.2, -0.15) is 0 Å². The van der Waals surface area contributed by atoms with Gasteiger partial charge in [0.2, 0.25) is 0 Å². The van der Waals surface area contributed by atoms with Gasteiger partial charge in [0.15, 0.2) is 11.6 Å². The molecule has 148 valence electrons. The minimum atomic E-state index is -0.549. The highest BCUT2D eigenvalue weighted by Gasteiger charge is 2.28. The third kappa shape index (κ3) is 5.30. The number of anilines is 1. The Kier molecular flexibility index (Phi) is 7.24. The Bertz CT molecular complexity index is 554. The quantitative estimate of drug-likeness (QED) is 0.731. The van der Waals surface area contributed by atoms with Crippen LogP contribution >= 0.6 is 0 Å². The topological polar surface area (TPSA) is 19.0 Å². The number of halogens is 2. The molecule has 1 heterocycles. The largest absolute Gasteiger partial charge is 0.492 e. The molecular weight excluding hydrogens is 336 g/mol. The average molecular weight is 370 g/mol. The van der Waals surface area contributed by atoms with Gasteiger partial charge in [-0.05, 0) is 33.9 Å². The summed E-state index contributed by atoms with van der Waals surface area (Å²) in [5, 5.41) is 0. The van der Waals surface area contributed by atoms with Gasteiger partial charge in [-0.3, -0.25) is 4.90 Å². The maximum absolute atomic E-state index is 14.6. The number of nitrogens with zero attached hydrogens (tertiary/aromatic N) is 3. The molecule has 1 aromatic carbocycles. The van der Waals surface area contributed by atoms with Crippen LogP contribution in [-0.4, -0.2) is 67.8 Å². The van der Waals surface area contributed by atoms with Crippen LogP contribution in [0.4, 0.5) is 14.5 Å². The molecule has 0 saturated carbocycles. The molecule has 0 aromatic heterocycles. The van der Waals surface area contributed by atoms with Crippen molar-refractivity contribution in [2.45, 2.75) is 40.2 Å². The number of hydrogen-bond donors (Lipinski definition) is 0. The Morgan fingerprint density at radius 3 is 2.00 bits per heavy atom. The standard InChI is InChI=1S/C20H33F2N3O/c1-6-23(7-2)12-13-26-16-14-17(21)19(18(22)15-16)24-8-10-25(11-9-24)20(3,4)5/h14-15H,6-13H2,1-5H3. The lowest BCUT2D eigenvalue weighted by atomic mass is 10.0. The first kappa shape index (κ1) is 20.9. The molecule has 6 heteroatoms. The predicted octanol–water partition coefficient (Wildman–Crippen LogP) is 3.61. The normalized spacial score (nSPS) is 16.4. The van der Waals surface area contributed by atoms with E-state index in [0.717, 1.165) is 32.7 Å². The molecule has 1 aliphatic heterocycles. The van der Waals surface area contributed by atoms with Crippen LogP contribution in [-0.2, 0) is 0 Å². The van der Waals surface area contributed by atoms with Gasteiger partial charge in [-0.25, -0.2) is 8.78 Å². The van der Waals surface area contributed by atoms with Crippen LogP contribution in [0.15, 0.2) is 12.1 Å². The summed E-state index contributed by atoms with van der Waals surface area (Å²) in [6.07, 6.45) is 0. The number of likely N-dealkylation sites (N-methyl/N-ethyl adjacent to an activating group) is 1. The van der Waals surface area contributed by atoms with Gasteiger partial charge in [-0.1, -0.05) is 13.8 Å². The molecule has 26 heavy (non-hydrogen) atoms. The fourth-order valence-corrected chi connectivity index (χ4v) is 3.36. The van der Waals surface area contributed by atoms with E-state index in [2.05, 4.69) is 44.4 Å². The molecule has 0 radical (unpaired) electrons. The zero-order valence-corrected chi connectivity index (χ0v) is 16.8. The Morgan fingerprint density at radius 2 is 1.54 bits per heavy atom. The maximum atomic E-state index is 14.6. The molecular formula is C20H33F2N3O. The monoisotopic (exact) mass is 369 g/mol. The zero-order chi connectivity index (χ0) is 19.3. The van der Waals surface area contributed by atoms with Crippen molar-refractivity contribution >= 4 is 5.69 Å². The molecule has 0 aliphatic carbocycles. The molecule has 2 rings (SSSR count). The number of piperazine rings is 1. The molecule has 1 aliphatic rings. The SMILES string of the molecule is CCN(CC)CCOc1cc(F)c(N2CCN(C(C)(C)C)CC2)c(F)c1. The summed E-state index contributed by atoms with van der Waals surface area (Å²) in [5.74, 6) is -0.844. The van der Waals surface area contributed by atoms with E-state index in [0.29, 0.717) is 19.7 Å². The summed E-state index contributed by atoms with van der Waals surface area (Å²) in [6, 6.07) is 2.60. The second kappa shape index (κ2) is 9.00. The molecule has 0 bridgehead atoms. The highest BCUT2D eigenvalue weighted by molar-refractivity contribution is 5.52. The van der Waals surface area contributed by atoms with E-state index < -0.39 is 11.6 Å². The Balaban J connectivity index is 1.99. The van der Waals surface area contributed by atoms with Crippen LogP contribution in [0.5, 0.6) is 5.75 Å². The summed E-state index contributed by atoms with van der Waals surface area (Å²) < 4.78 is 34.7. The van der Waals surface area contributed by atoms with Crippen LogP contribution < -0.4 is 9.64 Å². The van der Waals surface area contributed by atoms with E-state index in [4.69, 9.17) is 4.74 Å². The Labute approximate surface area is 156 Å². The van der Waals surface area contributed by atoms with Crippen molar-refractivity contribution in [3.05, 3.63) is 23.8 Å². The zero-order valence-electron chi connectivity index (χ0n) is 16.8. The first-order valence-corrected chi connectivity index (χ1v) is 9.60. The van der Waals surface area contributed by atoms with Gasteiger partial charge >= 0.3 is 0 Å². The lowest BCUT2D eigenvalue weighted by molar-refractivity contribution is 0.128. The minimum Gasteiger partial charge on any atom is -0.492 e. The molecule has 0 spiro atoms. The first-order valence-electron chi connectivity index (χ1n) is 9.60. The minimum absolute atomic E-state index is 0.0645. The fraction of sp³-hybridized carbons (Fsp3) is 0.700. The van der Waals surface area contributed by atoms with Crippen LogP contribution in [0.2, 0.25) is 0 Å². The number of rotatable bonds is 7. The van der Waals surface area contributed by atoms with E-state index in [9.17, 15) is 8.78 Å². The molecule has 1 saturated heterocycles. The third-order valence-electron chi connectivity index (χ3n) is 5.11. The Hall–Kier alpha value is -1.40. The second-order valence-electron chi connectivity index (χ2n) is 7.76. The molecule has 0 atom stereocenters. The van der Waals surface area contributed by atoms with Crippen LogP contribution in [0.1, 0.15) is 34.6 Å². The molecule has 1 aromatic rings. The van der Waals surface area contributed by atoms with Gasteiger partial charge in [-0.15, -0.1) is 0 Å². The molecule has 0 unspecified atom stereocenters. The molecule has 1 fully saturated rings. The van der Waals surface area contributed by atoms with Crippen molar-refractivity contribution in [3.8, 4) is 5.75 Å². The van der Waals surface area contributed by atoms with Crippen molar-refractivity contribution in [2.75, 3.05) is 57.3 Å². The van der Waals surface area contributed by atoms with E-state index in [1.165, 1.54) is 12.1 Å². The molecule has 0 amide bonds. The summed E-state index contributed by atoms with van der Waals surface area (Å²) in [4.78, 5) is 6.34. The average Bonchev–Trinajstić information content (AvgIpc) is 2.58. The smallest absolute Gasteiger partial charge is 0.153 e. The summed E-state index contributed by atoms with van der Waals surface area (Å²) >= 11 is 0. The van der Waals surface area contributed by atoms with Crippen molar-refractivity contribution in [3.63, 3.8) is 0 Å². The fourth-order valence-electron chi connectivity index (χ4n) is 3.36. The van der Waals surface area contributed by atoms with E-state index in [1.807, 2.05) is 0 Å². The van der Waals surface area contributed by atoms with Crippen LogP contribution in [0, 0.1) is 11.6 Å². The highest BCUT2D eigenvalue weighted by Crippen LogP contribution is 2.30. The van der Waals surface area contributed by atoms with Gasteiger partial charge in [0.25, 0.3) is 0 Å². The molecule has 0 N–H and O–H groups in total. The lowest BCUT2D eigenvalue weighted by Gasteiger charge is -2.43. The van der Waals surface area contributed by atoms with Gasteiger partial charge < -0.3 is 14.5 Å². The van der Waals surface area contributed by atoms with E-state index in [1.54, 1.807) is 4.90 Å². The van der Waals surface area contributed by atoms with Crippen LogP contribution in [0.25, 0.3) is 0 Å². The first-order chi connectivity index (χ1) is 12.3. The van der Waals surface area contributed by atoms with Crippen molar-refractivity contribution in [2.24, 2.45) is 0 Å². The van der Waals surface area contributed by atoms with Crippen molar-refractivity contribution in [1.29, 1.82) is 0 Å². The van der Waals surface area contributed by atoms with E-state index >= 15 is 0 Å². The number of hydrogen-bond acceptors (Lipinski definition) is 4. The lowest BCUT2D eigenvalue weighted by Crippen LogP contribution is -2.53. The molecule has 4 nitrogen and oxygen atoms in total. The summed E-state index contributed by atoms with van der Waals surface area (Å²) in [7, 11) is 0. The number of benzene rings is 1. The van der Waals surface area contributed by atoms with Crippen molar-refractivity contribution < 1.29 is 13.5 Å². The van der Waals surface area contributed by atoms with E-state index in [-0.39, 0.29) is 17.0 Å². The van der Waals surface area contributed by atoms with Crippen molar-refractivity contribution in [1.82, 2.24) is 9.80 Å². The second-order valence-corrected chi connectivity index (χ2v) is 7.76. The number of ether oxygens (including phenoxy) is 1. The predicted molar refractivity (Wildman–Crippen MR) is 103 cm³/mol. The van der Waals surface area contributed by atoms with Crippen LogP contribution in [0.3, 0.4) is 0 Å². The highest BCUT2D eigenvalue weighted by atomic mass is 19.1. The van der Waals surface area contributed by atoms with Gasteiger partial charge in [0.05, 0.1) is 0 Å². The third-order valence-corrected chi connectivity index (χ3v) is 5.11. The maximum Gasteiger partial charge on any atom is 0.153 e.